The minimum Gasteiger partial charge on any atom is -0.369 e. The van der Waals surface area contributed by atoms with Gasteiger partial charge in [-0.2, -0.15) is 0 Å². The molecular formula is C14H19N3O4S. The number of hydrogen-bond acceptors (Lipinski definition) is 5. The quantitative estimate of drug-likeness (QED) is 0.670. The van der Waals surface area contributed by atoms with Crippen LogP contribution >= 0.6 is 0 Å². The zero-order chi connectivity index (χ0) is 16.2. The average molecular weight is 325 g/mol. The summed E-state index contributed by atoms with van der Waals surface area (Å²) in [6.45, 7) is 1.69. The first-order chi connectivity index (χ1) is 10.4. The molecule has 0 spiro atoms. The summed E-state index contributed by atoms with van der Waals surface area (Å²) in [7, 11) is -3.75. The number of amides is 2. The number of piperidine rings is 1. The van der Waals surface area contributed by atoms with Crippen molar-refractivity contribution in [2.45, 2.75) is 23.8 Å². The van der Waals surface area contributed by atoms with Gasteiger partial charge in [0.05, 0.1) is 4.90 Å². The molecule has 2 amide bonds. The van der Waals surface area contributed by atoms with Gasteiger partial charge in [-0.25, -0.2) is 8.42 Å². The molecule has 0 radical (unpaired) electrons. The van der Waals surface area contributed by atoms with Crippen molar-refractivity contribution >= 4 is 21.7 Å². The molecule has 1 aromatic rings. The van der Waals surface area contributed by atoms with E-state index in [1.165, 1.54) is 24.3 Å². The Morgan fingerprint density at radius 3 is 2.50 bits per heavy atom. The lowest BCUT2D eigenvalue weighted by Crippen LogP contribution is -2.45. The molecular weight excluding hydrogens is 306 g/mol. The van der Waals surface area contributed by atoms with Crippen LogP contribution < -0.4 is 16.4 Å². The van der Waals surface area contributed by atoms with E-state index < -0.39 is 21.5 Å². The zero-order valence-electron chi connectivity index (χ0n) is 12.0. The summed E-state index contributed by atoms with van der Waals surface area (Å²) in [5, 5.41) is 6.10. The fraction of sp³-hybridized carbons (Fsp3) is 0.429. The molecule has 0 saturated carbocycles. The number of nitrogens with two attached hydrogens (primary N) is 1. The Hall–Kier alpha value is -1.93. The summed E-state index contributed by atoms with van der Waals surface area (Å²) in [6, 6.07) is 5.57. The molecule has 1 saturated heterocycles. The Morgan fingerprint density at radius 2 is 1.95 bits per heavy atom. The van der Waals surface area contributed by atoms with Crippen LogP contribution in [-0.2, 0) is 14.6 Å². The van der Waals surface area contributed by atoms with Gasteiger partial charge in [-0.05, 0) is 43.7 Å². The zero-order valence-corrected chi connectivity index (χ0v) is 12.9. The molecule has 0 unspecified atom stereocenters. The monoisotopic (exact) mass is 325 g/mol. The largest absolute Gasteiger partial charge is 0.369 e. The molecule has 0 aliphatic carbocycles. The van der Waals surface area contributed by atoms with Gasteiger partial charge in [0.1, 0.15) is 5.75 Å². The van der Waals surface area contributed by atoms with Crippen LogP contribution in [0.4, 0.5) is 0 Å². The topological polar surface area (TPSA) is 118 Å². The molecule has 1 heterocycles. The first kappa shape index (κ1) is 16.4. The van der Waals surface area contributed by atoms with Crippen LogP contribution in [-0.4, -0.2) is 45.1 Å². The lowest BCUT2D eigenvalue weighted by Gasteiger charge is -2.23. The van der Waals surface area contributed by atoms with Gasteiger partial charge in [-0.1, -0.05) is 0 Å². The minimum atomic E-state index is -3.75. The normalized spacial score (nSPS) is 18.6. The molecule has 4 N–H and O–H groups in total. The van der Waals surface area contributed by atoms with E-state index in [0.29, 0.717) is 5.56 Å². The average Bonchev–Trinajstić information content (AvgIpc) is 2.47. The first-order valence-electron chi connectivity index (χ1n) is 7.01. The number of primary amides is 1. The first-order valence-corrected chi connectivity index (χ1v) is 8.66. The molecule has 8 heteroatoms. The van der Waals surface area contributed by atoms with E-state index in [2.05, 4.69) is 10.6 Å². The van der Waals surface area contributed by atoms with Crippen molar-refractivity contribution in [1.29, 1.82) is 0 Å². The number of rotatable bonds is 5. The smallest absolute Gasteiger partial charge is 0.251 e. The third-order valence-electron chi connectivity index (χ3n) is 3.44. The second-order valence-corrected chi connectivity index (χ2v) is 7.26. The van der Waals surface area contributed by atoms with Gasteiger partial charge in [-0.15, -0.1) is 0 Å². The van der Waals surface area contributed by atoms with Crippen molar-refractivity contribution in [3.63, 3.8) is 0 Å². The maximum atomic E-state index is 12.1. The Balaban J connectivity index is 2.04. The second kappa shape index (κ2) is 6.89. The van der Waals surface area contributed by atoms with Crippen molar-refractivity contribution in [3.8, 4) is 0 Å². The molecule has 1 aliphatic heterocycles. The van der Waals surface area contributed by atoms with E-state index in [-0.39, 0.29) is 16.8 Å². The third-order valence-corrected chi connectivity index (χ3v) is 5.09. The van der Waals surface area contributed by atoms with Crippen molar-refractivity contribution in [3.05, 3.63) is 29.8 Å². The van der Waals surface area contributed by atoms with Crippen LogP contribution in [0.3, 0.4) is 0 Å². The van der Waals surface area contributed by atoms with Gasteiger partial charge >= 0.3 is 0 Å². The molecule has 1 atom stereocenters. The SMILES string of the molecule is NC(=O)CS(=O)(=O)c1ccc(C(=O)N[C@H]2CCCNC2)cc1. The highest BCUT2D eigenvalue weighted by Gasteiger charge is 2.19. The summed E-state index contributed by atoms with van der Waals surface area (Å²) in [5.74, 6) is -1.90. The van der Waals surface area contributed by atoms with Crippen molar-refractivity contribution in [2.75, 3.05) is 18.8 Å². The number of carbonyl (C=O) groups is 2. The number of benzene rings is 1. The van der Waals surface area contributed by atoms with Gasteiger partial charge < -0.3 is 16.4 Å². The maximum Gasteiger partial charge on any atom is 0.251 e. The molecule has 0 bridgehead atoms. The molecule has 120 valence electrons. The van der Waals surface area contributed by atoms with Crippen LogP contribution in [0.5, 0.6) is 0 Å². The van der Waals surface area contributed by atoms with Crippen LogP contribution in [0.15, 0.2) is 29.2 Å². The van der Waals surface area contributed by atoms with Crippen LogP contribution in [0.1, 0.15) is 23.2 Å². The number of nitrogens with one attached hydrogen (secondary N) is 2. The van der Waals surface area contributed by atoms with Crippen LogP contribution in [0, 0.1) is 0 Å². The minimum absolute atomic E-state index is 0.0258. The van der Waals surface area contributed by atoms with E-state index in [4.69, 9.17) is 5.73 Å². The van der Waals surface area contributed by atoms with Gasteiger partial charge in [0, 0.05) is 18.2 Å². The van der Waals surface area contributed by atoms with E-state index in [9.17, 15) is 18.0 Å². The van der Waals surface area contributed by atoms with E-state index >= 15 is 0 Å². The summed E-state index contributed by atoms with van der Waals surface area (Å²) >= 11 is 0. The lowest BCUT2D eigenvalue weighted by atomic mass is 10.1. The van der Waals surface area contributed by atoms with Gasteiger partial charge in [0.15, 0.2) is 9.84 Å². The molecule has 0 aromatic heterocycles. The third kappa shape index (κ3) is 4.28. The summed E-state index contributed by atoms with van der Waals surface area (Å²) in [4.78, 5) is 22.8. The lowest BCUT2D eigenvalue weighted by molar-refractivity contribution is -0.115. The fourth-order valence-corrected chi connectivity index (χ4v) is 3.42. The highest BCUT2D eigenvalue weighted by Crippen LogP contribution is 2.13. The summed E-state index contributed by atoms with van der Waals surface area (Å²) in [5.41, 5.74) is 5.29. The molecule has 22 heavy (non-hydrogen) atoms. The van der Waals surface area contributed by atoms with Crippen LogP contribution in [0.25, 0.3) is 0 Å². The Bertz CT molecular complexity index is 649. The number of hydrogen-bond donors (Lipinski definition) is 3. The summed E-state index contributed by atoms with van der Waals surface area (Å²) in [6.07, 6.45) is 1.93. The van der Waals surface area contributed by atoms with Gasteiger partial charge in [0.25, 0.3) is 5.91 Å². The van der Waals surface area contributed by atoms with Crippen molar-refractivity contribution in [2.24, 2.45) is 5.73 Å². The van der Waals surface area contributed by atoms with E-state index in [0.717, 1.165) is 25.9 Å². The predicted molar refractivity (Wildman–Crippen MR) is 81.0 cm³/mol. The number of sulfone groups is 1. The second-order valence-electron chi connectivity index (χ2n) is 5.27. The van der Waals surface area contributed by atoms with Crippen molar-refractivity contribution < 1.29 is 18.0 Å². The summed E-state index contributed by atoms with van der Waals surface area (Å²) < 4.78 is 23.7. The molecule has 1 fully saturated rings. The fourth-order valence-electron chi connectivity index (χ4n) is 2.33. The highest BCUT2D eigenvalue weighted by molar-refractivity contribution is 7.92. The van der Waals surface area contributed by atoms with Gasteiger partial charge in [-0.3, -0.25) is 9.59 Å². The Labute approximate surface area is 129 Å². The molecule has 7 nitrogen and oxygen atoms in total. The molecule has 1 aromatic carbocycles. The number of carbonyl (C=O) groups excluding carboxylic acids is 2. The van der Waals surface area contributed by atoms with Gasteiger partial charge in [0.2, 0.25) is 5.91 Å². The van der Waals surface area contributed by atoms with E-state index in [1.807, 2.05) is 0 Å². The molecule has 2 rings (SSSR count). The van der Waals surface area contributed by atoms with Crippen molar-refractivity contribution in [1.82, 2.24) is 10.6 Å². The Kier molecular flexibility index (Phi) is 5.15. The van der Waals surface area contributed by atoms with E-state index in [1.54, 1.807) is 0 Å². The predicted octanol–water partition coefficient (Wildman–Crippen LogP) is -0.573. The highest BCUT2D eigenvalue weighted by atomic mass is 32.2. The maximum absolute atomic E-state index is 12.1. The Morgan fingerprint density at radius 1 is 1.27 bits per heavy atom. The van der Waals surface area contributed by atoms with Crippen LogP contribution in [0.2, 0.25) is 0 Å². The standard InChI is InChI=1S/C14H19N3O4S/c15-13(18)9-22(20,21)12-5-3-10(4-6-12)14(19)17-11-2-1-7-16-8-11/h3-6,11,16H,1-2,7-9H2,(H2,15,18)(H,17,19)/t11-/m0/s1. The molecule has 1 aliphatic rings.